The molecule has 0 aromatic heterocycles. The molecule has 0 atom stereocenters. The summed E-state index contributed by atoms with van der Waals surface area (Å²) in [6.45, 7) is 0. The first kappa shape index (κ1) is 29.2. The Kier molecular flexibility index (Phi) is 23.6. The van der Waals surface area contributed by atoms with Crippen LogP contribution in [0.3, 0.4) is 0 Å². The Morgan fingerprint density at radius 3 is 0.769 bits per heavy atom. The molecule has 0 bridgehead atoms. The predicted molar refractivity (Wildman–Crippen MR) is 40.5 cm³/mol. The van der Waals surface area contributed by atoms with E-state index in [1.54, 1.807) is 0 Å². The maximum atomic E-state index is 8.63. The molecule has 0 amide bonds. The van der Waals surface area contributed by atoms with Crippen LogP contribution in [0, 0.1) is 0 Å². The third-order valence-corrected chi connectivity index (χ3v) is 0. The van der Waals surface area contributed by atoms with Gasteiger partial charge in [0.25, 0.3) is 0 Å². The first-order valence-electron chi connectivity index (χ1n) is 1.37. The second-order valence-corrected chi connectivity index (χ2v) is 2.57. The molecular formula is H8MgN2O8S2. The van der Waals surface area contributed by atoms with Gasteiger partial charge in [-0.1, -0.05) is 0 Å². The summed E-state index contributed by atoms with van der Waals surface area (Å²) in [5, 5.41) is 0. The molecule has 0 unspecified atom stereocenters. The van der Waals surface area contributed by atoms with Crippen molar-refractivity contribution in [1.29, 1.82) is 0 Å². The van der Waals surface area contributed by atoms with Crippen LogP contribution in [0.25, 0.3) is 0 Å². The van der Waals surface area contributed by atoms with Gasteiger partial charge >= 0.3 is 23.1 Å². The van der Waals surface area contributed by atoms with Gasteiger partial charge in [0.05, 0.1) is 0 Å². The topological polar surface area (TPSA) is 225 Å². The van der Waals surface area contributed by atoms with Crippen molar-refractivity contribution in [2.24, 2.45) is 0 Å². The Balaban J connectivity index is -0.0000000267. The molecule has 10 nitrogen and oxygen atoms in total. The van der Waals surface area contributed by atoms with E-state index in [1.165, 1.54) is 0 Å². The van der Waals surface area contributed by atoms with Crippen LogP contribution < -0.4 is 12.3 Å². The van der Waals surface area contributed by atoms with Crippen molar-refractivity contribution in [2.75, 3.05) is 0 Å². The van der Waals surface area contributed by atoms with Gasteiger partial charge in [0.2, 0.25) is 20.8 Å². The minimum atomic E-state index is -4.92. The zero-order chi connectivity index (χ0) is 9.00. The van der Waals surface area contributed by atoms with E-state index in [0.717, 1.165) is 0 Å². The van der Waals surface area contributed by atoms with Crippen LogP contribution in [-0.4, -0.2) is 58.1 Å². The molecule has 0 aliphatic rings. The normalized spacial score (nSPS) is 8.92. The summed E-state index contributed by atoms with van der Waals surface area (Å²) < 4.78 is 65.7. The maximum absolute atomic E-state index is 8.63. The Hall–Kier alpha value is 0.426. The van der Waals surface area contributed by atoms with Gasteiger partial charge in [-0.3, -0.25) is 9.11 Å². The zero-order valence-corrected chi connectivity index (χ0v) is 9.33. The SMILES string of the molecule is N.N.O=S(=O)([O-])O.O=S(=O)([O-])O.[Mg+2]. The van der Waals surface area contributed by atoms with Gasteiger partial charge in [-0.25, -0.2) is 16.8 Å². The molecule has 0 aromatic carbocycles. The van der Waals surface area contributed by atoms with Gasteiger partial charge in [-0.2, -0.15) is 0 Å². The van der Waals surface area contributed by atoms with E-state index in [4.69, 9.17) is 35.0 Å². The summed E-state index contributed by atoms with van der Waals surface area (Å²) in [6, 6.07) is 0. The molecule has 80 valence electrons. The number of rotatable bonds is 0. The monoisotopic (exact) mass is 252 g/mol. The van der Waals surface area contributed by atoms with Gasteiger partial charge in [-0.05, 0) is 0 Å². The summed E-state index contributed by atoms with van der Waals surface area (Å²) in [5.74, 6) is 0. The summed E-state index contributed by atoms with van der Waals surface area (Å²) >= 11 is 0. The van der Waals surface area contributed by atoms with Gasteiger partial charge in [0, 0.05) is 0 Å². The van der Waals surface area contributed by atoms with Crippen molar-refractivity contribution >= 4 is 43.9 Å². The third-order valence-electron chi connectivity index (χ3n) is 0. The molecule has 0 radical (unpaired) electrons. The van der Waals surface area contributed by atoms with E-state index in [0.29, 0.717) is 0 Å². The van der Waals surface area contributed by atoms with Crippen LogP contribution >= 0.6 is 0 Å². The minimum absolute atomic E-state index is 0. The largest absolute Gasteiger partial charge is 2.00 e. The first-order chi connectivity index (χ1) is 4.00. The average molecular weight is 253 g/mol. The van der Waals surface area contributed by atoms with E-state index >= 15 is 0 Å². The van der Waals surface area contributed by atoms with Crippen molar-refractivity contribution < 1.29 is 35.0 Å². The average Bonchev–Trinajstić information content (AvgIpc) is 1.12. The van der Waals surface area contributed by atoms with Crippen LogP contribution in [0.2, 0.25) is 0 Å². The molecule has 0 fully saturated rings. The number of hydrogen-bond donors (Lipinski definition) is 4. The van der Waals surface area contributed by atoms with Crippen LogP contribution in [0.15, 0.2) is 0 Å². The van der Waals surface area contributed by atoms with E-state index in [1.807, 2.05) is 0 Å². The van der Waals surface area contributed by atoms with E-state index in [2.05, 4.69) is 0 Å². The zero-order valence-electron chi connectivity index (χ0n) is 6.28. The molecule has 0 rings (SSSR count). The van der Waals surface area contributed by atoms with Crippen molar-refractivity contribution in [3.8, 4) is 0 Å². The van der Waals surface area contributed by atoms with Gasteiger partial charge < -0.3 is 21.4 Å². The van der Waals surface area contributed by atoms with E-state index in [9.17, 15) is 0 Å². The molecule has 0 aliphatic heterocycles. The molecule has 0 saturated heterocycles. The molecule has 0 aromatic rings. The summed E-state index contributed by atoms with van der Waals surface area (Å²) in [5.41, 5.74) is 0. The molecule has 0 spiro atoms. The fraction of sp³-hybridized carbons (Fsp3) is 0. The van der Waals surface area contributed by atoms with Crippen LogP contribution in [-0.2, 0) is 20.8 Å². The molecule has 13 heavy (non-hydrogen) atoms. The van der Waals surface area contributed by atoms with Gasteiger partial charge in [0.1, 0.15) is 0 Å². The van der Waals surface area contributed by atoms with Gasteiger partial charge in [-0.15, -0.1) is 0 Å². The van der Waals surface area contributed by atoms with Crippen LogP contribution in [0.5, 0.6) is 0 Å². The Labute approximate surface area is 91.2 Å². The number of hydrogen-bond acceptors (Lipinski definition) is 8. The van der Waals surface area contributed by atoms with E-state index in [-0.39, 0.29) is 35.4 Å². The Bertz CT molecular complexity index is 217. The first-order valence-corrected chi connectivity index (χ1v) is 4.10. The van der Waals surface area contributed by atoms with Crippen molar-refractivity contribution in [3.05, 3.63) is 0 Å². The van der Waals surface area contributed by atoms with E-state index < -0.39 is 20.8 Å². The van der Waals surface area contributed by atoms with Crippen molar-refractivity contribution in [2.45, 2.75) is 0 Å². The predicted octanol–water partition coefficient (Wildman–Crippen LogP) is -2.05. The maximum Gasteiger partial charge on any atom is 2.00 e. The molecule has 8 N–H and O–H groups in total. The minimum Gasteiger partial charge on any atom is -0.726 e. The fourth-order valence-electron chi connectivity index (χ4n) is 0. The van der Waals surface area contributed by atoms with Gasteiger partial charge in [0.15, 0.2) is 0 Å². The summed E-state index contributed by atoms with van der Waals surface area (Å²) in [6.07, 6.45) is 0. The molecule has 0 heterocycles. The Morgan fingerprint density at radius 1 is 0.769 bits per heavy atom. The molecular weight excluding hydrogens is 244 g/mol. The second-order valence-electron chi connectivity index (χ2n) is 0.855. The summed E-state index contributed by atoms with van der Waals surface area (Å²) in [4.78, 5) is 0. The quantitative estimate of drug-likeness (QED) is 0.209. The van der Waals surface area contributed by atoms with Crippen molar-refractivity contribution in [1.82, 2.24) is 12.3 Å². The fourth-order valence-corrected chi connectivity index (χ4v) is 0. The summed E-state index contributed by atoms with van der Waals surface area (Å²) in [7, 11) is -9.83. The third kappa shape index (κ3) is 7440. The Morgan fingerprint density at radius 2 is 0.769 bits per heavy atom. The smallest absolute Gasteiger partial charge is 0.726 e. The van der Waals surface area contributed by atoms with Crippen molar-refractivity contribution in [3.63, 3.8) is 0 Å². The van der Waals surface area contributed by atoms with Crippen LogP contribution in [0.1, 0.15) is 0 Å². The molecule has 13 heteroatoms. The second kappa shape index (κ2) is 10.5. The molecule has 0 saturated carbocycles. The standard InChI is InChI=1S/Mg.2H3N.2H2O4S/c;;;2*1-5(2,3)4/h;2*1H3;2*(H2,1,2,3,4)/q+2;;;;/p-2. The van der Waals surface area contributed by atoms with Crippen LogP contribution in [0.4, 0.5) is 0 Å². The molecule has 0 aliphatic carbocycles.